The van der Waals surface area contributed by atoms with Crippen molar-refractivity contribution in [1.29, 1.82) is 0 Å². The van der Waals surface area contributed by atoms with Gasteiger partial charge in [-0.1, -0.05) is 0 Å². The molecule has 0 unspecified atom stereocenters. The van der Waals surface area contributed by atoms with Crippen LogP contribution in [0.15, 0.2) is 18.3 Å². The highest BCUT2D eigenvalue weighted by Crippen LogP contribution is 2.02. The van der Waals surface area contributed by atoms with Gasteiger partial charge in [0, 0.05) is 26.4 Å². The molecule has 1 amide bonds. The number of hydrogen-bond acceptors (Lipinski definition) is 4. The summed E-state index contributed by atoms with van der Waals surface area (Å²) in [4.78, 5) is 11.9. The zero-order valence-corrected chi connectivity index (χ0v) is 11.6. The average molecular weight is 289 g/mol. The fourth-order valence-corrected chi connectivity index (χ4v) is 2.12. The number of sulfonamides is 1. The minimum atomic E-state index is -3.47. The van der Waals surface area contributed by atoms with Crippen molar-refractivity contribution >= 4 is 15.9 Å². The van der Waals surface area contributed by atoms with E-state index in [1.807, 2.05) is 0 Å². The van der Waals surface area contributed by atoms with Gasteiger partial charge in [-0.2, -0.15) is 0 Å². The maximum atomic E-state index is 11.9. The Balaban J connectivity index is 2.43. The first-order valence-electron chi connectivity index (χ1n) is 5.87. The summed E-state index contributed by atoms with van der Waals surface area (Å²) in [5.41, 5.74) is 0.521. The summed E-state index contributed by atoms with van der Waals surface area (Å²) >= 11 is 0. The molecule has 1 aromatic rings. The van der Waals surface area contributed by atoms with Crippen LogP contribution in [0.5, 0.6) is 0 Å². The summed E-state index contributed by atoms with van der Waals surface area (Å²) in [6, 6.07) is 3.47. The Labute approximate surface area is 112 Å². The van der Waals surface area contributed by atoms with Crippen molar-refractivity contribution in [3.05, 3.63) is 24.0 Å². The summed E-state index contributed by atoms with van der Waals surface area (Å²) in [5.74, 6) is -0.381. The molecule has 1 aromatic heterocycles. The molecule has 19 heavy (non-hydrogen) atoms. The zero-order chi connectivity index (χ0) is 14.3. The number of hydrogen-bond donors (Lipinski definition) is 2. The van der Waals surface area contributed by atoms with E-state index in [0.29, 0.717) is 25.3 Å². The average Bonchev–Trinajstić information content (AvgIpc) is 2.79. The maximum absolute atomic E-state index is 11.9. The van der Waals surface area contributed by atoms with Gasteiger partial charge in [-0.25, -0.2) is 13.6 Å². The van der Waals surface area contributed by atoms with E-state index >= 15 is 0 Å². The van der Waals surface area contributed by atoms with Crippen molar-refractivity contribution in [3.8, 4) is 0 Å². The highest BCUT2D eigenvalue weighted by Gasteiger charge is 2.10. The van der Waals surface area contributed by atoms with E-state index < -0.39 is 10.0 Å². The summed E-state index contributed by atoms with van der Waals surface area (Å²) in [6.07, 6.45) is 2.08. The molecule has 1 rings (SSSR count). The van der Waals surface area contributed by atoms with Crippen molar-refractivity contribution in [3.63, 3.8) is 0 Å². The topological polar surface area (TPSA) is 103 Å². The molecule has 0 saturated heterocycles. The van der Waals surface area contributed by atoms with E-state index in [2.05, 4.69) is 5.32 Å². The van der Waals surface area contributed by atoms with E-state index in [4.69, 9.17) is 9.88 Å². The number of amides is 1. The van der Waals surface area contributed by atoms with Crippen LogP contribution in [0.25, 0.3) is 0 Å². The predicted octanol–water partition coefficient (Wildman–Crippen LogP) is -0.457. The van der Waals surface area contributed by atoms with Crippen LogP contribution in [0.4, 0.5) is 0 Å². The third-order valence-corrected chi connectivity index (χ3v) is 3.35. The molecule has 8 heteroatoms. The van der Waals surface area contributed by atoms with Gasteiger partial charge in [0.15, 0.2) is 0 Å². The first kappa shape index (κ1) is 15.7. The number of aromatic nitrogens is 1. The number of carbonyl (C=O) groups excluding carboxylic acids is 1. The van der Waals surface area contributed by atoms with Crippen LogP contribution in [0.2, 0.25) is 0 Å². The predicted molar refractivity (Wildman–Crippen MR) is 71.2 cm³/mol. The third kappa shape index (κ3) is 5.86. The molecule has 0 spiro atoms. The Morgan fingerprint density at radius 2 is 2.26 bits per heavy atom. The molecule has 7 nitrogen and oxygen atoms in total. The molecule has 0 aliphatic heterocycles. The normalized spacial score (nSPS) is 11.5. The lowest BCUT2D eigenvalue weighted by Gasteiger charge is -2.09. The molecule has 0 bridgehead atoms. The lowest BCUT2D eigenvalue weighted by Crippen LogP contribution is -2.29. The van der Waals surface area contributed by atoms with Crippen molar-refractivity contribution in [1.82, 2.24) is 9.88 Å². The highest BCUT2D eigenvalue weighted by molar-refractivity contribution is 7.89. The number of carbonyl (C=O) groups is 1. The second-order valence-electron chi connectivity index (χ2n) is 4.06. The van der Waals surface area contributed by atoms with Crippen LogP contribution < -0.4 is 10.5 Å². The summed E-state index contributed by atoms with van der Waals surface area (Å²) in [5, 5.41) is 7.52. The first-order valence-corrected chi connectivity index (χ1v) is 7.58. The molecule has 108 valence electrons. The monoisotopic (exact) mass is 289 g/mol. The molecule has 0 atom stereocenters. The Bertz CT molecular complexity index is 510. The quantitative estimate of drug-likeness (QED) is 0.632. The molecule has 0 aromatic carbocycles. The molecule has 0 saturated carbocycles. The Hall–Kier alpha value is -1.38. The van der Waals surface area contributed by atoms with Crippen LogP contribution in [0, 0.1) is 0 Å². The minimum absolute atomic E-state index is 0.141. The van der Waals surface area contributed by atoms with Crippen molar-refractivity contribution in [2.45, 2.75) is 13.0 Å². The van der Waals surface area contributed by atoms with Gasteiger partial charge in [0.25, 0.3) is 5.91 Å². The fourth-order valence-electron chi connectivity index (χ4n) is 1.57. The van der Waals surface area contributed by atoms with Gasteiger partial charge in [-0.15, -0.1) is 0 Å². The van der Waals surface area contributed by atoms with Crippen LogP contribution in [-0.2, 0) is 21.3 Å². The standard InChI is InChI=1S/C11H19N3O4S/c1-18-8-7-14-6-2-4-10(14)11(15)13-5-3-9-19(12,16)17/h2,4,6H,3,5,7-9H2,1H3,(H,13,15)(H2,12,16,17). The smallest absolute Gasteiger partial charge is 0.267 e. The van der Waals surface area contributed by atoms with Gasteiger partial charge in [0.1, 0.15) is 5.69 Å². The third-order valence-electron chi connectivity index (χ3n) is 2.49. The van der Waals surface area contributed by atoms with Crippen LogP contribution in [0.3, 0.4) is 0 Å². The fraction of sp³-hybridized carbons (Fsp3) is 0.545. The lowest BCUT2D eigenvalue weighted by atomic mass is 10.3. The van der Waals surface area contributed by atoms with Gasteiger partial charge >= 0.3 is 0 Å². The van der Waals surface area contributed by atoms with Crippen LogP contribution in [-0.4, -0.2) is 44.9 Å². The minimum Gasteiger partial charge on any atom is -0.383 e. The summed E-state index contributed by atoms with van der Waals surface area (Å²) in [7, 11) is -1.88. The second-order valence-corrected chi connectivity index (χ2v) is 5.79. The first-order chi connectivity index (χ1) is 8.94. The van der Waals surface area contributed by atoms with Crippen LogP contribution in [0.1, 0.15) is 16.9 Å². The SMILES string of the molecule is COCCn1cccc1C(=O)NCCCS(N)(=O)=O. The number of rotatable bonds is 8. The highest BCUT2D eigenvalue weighted by atomic mass is 32.2. The molecule has 0 aliphatic carbocycles. The number of nitrogens with one attached hydrogen (secondary N) is 1. The van der Waals surface area contributed by atoms with Gasteiger partial charge in [-0.3, -0.25) is 4.79 Å². The van der Waals surface area contributed by atoms with E-state index in [9.17, 15) is 13.2 Å². The second kappa shape index (κ2) is 7.27. The summed E-state index contributed by atoms with van der Waals surface area (Å²) in [6.45, 7) is 1.37. The zero-order valence-electron chi connectivity index (χ0n) is 10.8. The Kier molecular flexibility index (Phi) is 6.00. The molecule has 0 radical (unpaired) electrons. The number of ether oxygens (including phenoxy) is 1. The van der Waals surface area contributed by atoms with E-state index in [-0.39, 0.29) is 18.2 Å². The van der Waals surface area contributed by atoms with E-state index in [1.54, 1.807) is 30.0 Å². The number of nitrogens with zero attached hydrogens (tertiary/aromatic N) is 1. The number of methoxy groups -OCH3 is 1. The maximum Gasteiger partial charge on any atom is 0.267 e. The molecule has 0 fully saturated rings. The van der Waals surface area contributed by atoms with Gasteiger partial charge in [-0.05, 0) is 18.6 Å². The Morgan fingerprint density at radius 3 is 2.89 bits per heavy atom. The molecular formula is C11H19N3O4S. The van der Waals surface area contributed by atoms with Crippen molar-refractivity contribution in [2.24, 2.45) is 5.14 Å². The van der Waals surface area contributed by atoms with Crippen molar-refractivity contribution in [2.75, 3.05) is 26.0 Å². The molecule has 0 aliphatic rings. The molecule has 3 N–H and O–H groups in total. The lowest BCUT2D eigenvalue weighted by molar-refractivity contribution is 0.0941. The van der Waals surface area contributed by atoms with E-state index in [0.717, 1.165) is 0 Å². The van der Waals surface area contributed by atoms with Gasteiger partial charge in [0.2, 0.25) is 10.0 Å². The summed E-state index contributed by atoms with van der Waals surface area (Å²) < 4.78 is 28.2. The van der Waals surface area contributed by atoms with Gasteiger partial charge in [0.05, 0.1) is 12.4 Å². The van der Waals surface area contributed by atoms with Crippen molar-refractivity contribution < 1.29 is 17.9 Å². The molecular weight excluding hydrogens is 270 g/mol. The largest absolute Gasteiger partial charge is 0.383 e. The number of nitrogens with two attached hydrogens (primary N) is 1. The van der Waals surface area contributed by atoms with Gasteiger partial charge < -0.3 is 14.6 Å². The van der Waals surface area contributed by atoms with Crippen LogP contribution >= 0.6 is 0 Å². The van der Waals surface area contributed by atoms with E-state index in [1.165, 1.54) is 0 Å². The number of primary sulfonamides is 1. The Morgan fingerprint density at radius 1 is 1.53 bits per heavy atom. The molecule has 1 heterocycles.